The first kappa shape index (κ1) is 13.9. The molecule has 0 aliphatic rings. The van der Waals surface area contributed by atoms with Crippen LogP contribution in [0.3, 0.4) is 0 Å². The van der Waals surface area contributed by atoms with Gasteiger partial charge in [0.15, 0.2) is 5.82 Å². The van der Waals surface area contributed by atoms with E-state index in [0.717, 1.165) is 11.8 Å². The summed E-state index contributed by atoms with van der Waals surface area (Å²) in [6.45, 7) is 2.33. The van der Waals surface area contributed by atoms with E-state index in [-0.39, 0.29) is 33.0 Å². The van der Waals surface area contributed by atoms with Crippen molar-refractivity contribution in [3.8, 4) is 0 Å². The van der Waals surface area contributed by atoms with Gasteiger partial charge >= 0.3 is 0 Å². The van der Waals surface area contributed by atoms with Gasteiger partial charge in [0, 0.05) is 6.54 Å². The average molecular weight is 278 g/mol. The third-order valence-electron chi connectivity index (χ3n) is 1.94. The molecule has 0 heterocycles. The Morgan fingerprint density at radius 3 is 2.76 bits per heavy atom. The Hall–Kier alpha value is -1.14. The molecular weight excluding hydrogens is 265 g/mol. The number of hydrogen-bond acceptors (Lipinski definition) is 4. The van der Waals surface area contributed by atoms with Gasteiger partial charge in [0.05, 0.1) is 22.0 Å². The molecule has 5 N–H and O–H groups in total. The quantitative estimate of drug-likeness (QED) is 0.580. The fourth-order valence-electron chi connectivity index (χ4n) is 1.18. The fraction of sp³-hybridized carbons (Fsp3) is 0.300. The van der Waals surface area contributed by atoms with Crippen LogP contribution in [0.15, 0.2) is 11.0 Å². The molecule has 17 heavy (non-hydrogen) atoms. The Labute approximate surface area is 108 Å². The van der Waals surface area contributed by atoms with E-state index in [1.807, 2.05) is 0 Å². The number of benzene rings is 1. The van der Waals surface area contributed by atoms with E-state index >= 15 is 0 Å². The van der Waals surface area contributed by atoms with Crippen molar-refractivity contribution in [3.05, 3.63) is 16.9 Å². The van der Waals surface area contributed by atoms with Crippen LogP contribution in [0, 0.1) is 5.82 Å². The zero-order valence-corrected chi connectivity index (χ0v) is 10.8. The van der Waals surface area contributed by atoms with Crippen LogP contribution in [0.4, 0.5) is 15.8 Å². The van der Waals surface area contributed by atoms with Gasteiger partial charge in [0.1, 0.15) is 5.02 Å². The number of anilines is 2. The highest BCUT2D eigenvalue weighted by Gasteiger charge is 2.15. The number of rotatable bonds is 4. The van der Waals surface area contributed by atoms with Crippen molar-refractivity contribution in [1.29, 1.82) is 0 Å². The molecule has 1 amide bonds. The molecule has 4 nitrogen and oxygen atoms in total. The Morgan fingerprint density at radius 1 is 1.53 bits per heavy atom. The first-order chi connectivity index (χ1) is 7.97. The maximum Gasteiger partial charge on any atom is 0.230 e. The lowest BCUT2D eigenvalue weighted by Crippen LogP contribution is -2.24. The van der Waals surface area contributed by atoms with E-state index in [2.05, 4.69) is 5.32 Å². The molecule has 0 aliphatic heterocycles. The minimum Gasteiger partial charge on any atom is -0.398 e. The van der Waals surface area contributed by atoms with E-state index in [4.69, 9.17) is 23.1 Å². The van der Waals surface area contributed by atoms with Crippen LogP contribution in [0.2, 0.25) is 5.02 Å². The standard InChI is InChI=1S/C10H13ClFN3OS/c1-2-15-7(16)4-17-10-6(14)3-5(13)8(11)9(10)12/h3H,2,4,13-14H2,1H3,(H,15,16). The van der Waals surface area contributed by atoms with Gasteiger partial charge in [0.2, 0.25) is 5.91 Å². The second kappa shape index (κ2) is 5.97. The summed E-state index contributed by atoms with van der Waals surface area (Å²) in [6, 6.07) is 1.38. The molecule has 0 unspecified atom stereocenters. The lowest BCUT2D eigenvalue weighted by Gasteiger charge is -2.10. The Balaban J connectivity index is 2.85. The van der Waals surface area contributed by atoms with Crippen LogP contribution < -0.4 is 16.8 Å². The van der Waals surface area contributed by atoms with Gasteiger partial charge in [-0.05, 0) is 13.0 Å². The number of halogens is 2. The highest BCUT2D eigenvalue weighted by molar-refractivity contribution is 8.00. The molecule has 94 valence electrons. The van der Waals surface area contributed by atoms with E-state index in [0.29, 0.717) is 6.54 Å². The van der Waals surface area contributed by atoms with Crippen LogP contribution in [0.25, 0.3) is 0 Å². The smallest absolute Gasteiger partial charge is 0.230 e. The van der Waals surface area contributed by atoms with Crippen molar-refractivity contribution in [2.75, 3.05) is 23.8 Å². The van der Waals surface area contributed by atoms with Gasteiger partial charge in [-0.25, -0.2) is 4.39 Å². The molecule has 0 fully saturated rings. The molecule has 0 aliphatic carbocycles. The van der Waals surface area contributed by atoms with E-state index in [1.165, 1.54) is 6.07 Å². The lowest BCUT2D eigenvalue weighted by molar-refractivity contribution is -0.118. The normalized spacial score (nSPS) is 10.3. The minimum absolute atomic E-state index is 0.0786. The van der Waals surface area contributed by atoms with E-state index in [1.54, 1.807) is 6.92 Å². The molecule has 0 atom stereocenters. The molecule has 1 aromatic carbocycles. The third kappa shape index (κ3) is 3.41. The number of carbonyl (C=O) groups is 1. The largest absolute Gasteiger partial charge is 0.398 e. The Bertz CT molecular complexity index is 442. The van der Waals surface area contributed by atoms with Crippen molar-refractivity contribution in [1.82, 2.24) is 5.32 Å². The van der Waals surface area contributed by atoms with Crippen LogP contribution in [-0.2, 0) is 4.79 Å². The van der Waals surface area contributed by atoms with Crippen molar-refractivity contribution in [2.24, 2.45) is 0 Å². The third-order valence-corrected chi connectivity index (χ3v) is 3.43. The molecule has 1 rings (SSSR count). The molecule has 0 radical (unpaired) electrons. The molecule has 0 saturated carbocycles. The predicted octanol–water partition coefficient (Wildman–Crippen LogP) is 1.87. The Kier molecular flexibility index (Phi) is 4.89. The number of nitrogens with one attached hydrogen (secondary N) is 1. The highest BCUT2D eigenvalue weighted by atomic mass is 35.5. The summed E-state index contributed by atoms with van der Waals surface area (Å²) in [7, 11) is 0. The molecule has 0 spiro atoms. The zero-order valence-electron chi connectivity index (χ0n) is 9.22. The second-order valence-corrected chi connectivity index (χ2v) is 4.62. The number of amides is 1. The van der Waals surface area contributed by atoms with Gasteiger partial charge in [-0.3, -0.25) is 4.79 Å². The SMILES string of the molecule is CCNC(=O)CSc1c(N)cc(N)c(Cl)c1F. The van der Waals surface area contributed by atoms with Gasteiger partial charge in [0.25, 0.3) is 0 Å². The van der Waals surface area contributed by atoms with E-state index < -0.39 is 5.82 Å². The first-order valence-electron chi connectivity index (χ1n) is 4.89. The summed E-state index contributed by atoms with van der Waals surface area (Å²) in [5.74, 6) is -0.794. The predicted molar refractivity (Wildman–Crippen MR) is 69.6 cm³/mol. The van der Waals surface area contributed by atoms with Crippen molar-refractivity contribution >= 4 is 40.6 Å². The van der Waals surface area contributed by atoms with Gasteiger partial charge < -0.3 is 16.8 Å². The topological polar surface area (TPSA) is 81.1 Å². The fourth-order valence-corrected chi connectivity index (χ4v) is 2.22. The summed E-state index contributed by atoms with van der Waals surface area (Å²) in [6.07, 6.45) is 0. The summed E-state index contributed by atoms with van der Waals surface area (Å²) in [5.41, 5.74) is 11.3. The lowest BCUT2D eigenvalue weighted by atomic mass is 10.3. The molecule has 0 aromatic heterocycles. The summed E-state index contributed by atoms with van der Waals surface area (Å²) in [5, 5.41) is 2.43. The van der Waals surface area contributed by atoms with Crippen LogP contribution >= 0.6 is 23.4 Å². The van der Waals surface area contributed by atoms with Crippen molar-refractivity contribution < 1.29 is 9.18 Å². The zero-order chi connectivity index (χ0) is 13.0. The first-order valence-corrected chi connectivity index (χ1v) is 6.26. The van der Waals surface area contributed by atoms with E-state index in [9.17, 15) is 9.18 Å². The number of hydrogen-bond donors (Lipinski definition) is 3. The number of thioether (sulfide) groups is 1. The second-order valence-electron chi connectivity index (χ2n) is 3.25. The maximum absolute atomic E-state index is 13.7. The summed E-state index contributed by atoms with van der Waals surface area (Å²) >= 11 is 6.65. The number of carbonyl (C=O) groups excluding carboxylic acids is 1. The number of nitrogens with two attached hydrogens (primary N) is 2. The van der Waals surface area contributed by atoms with Crippen LogP contribution in [0.1, 0.15) is 6.92 Å². The summed E-state index contributed by atoms with van der Waals surface area (Å²) < 4.78 is 13.7. The van der Waals surface area contributed by atoms with Crippen molar-refractivity contribution in [3.63, 3.8) is 0 Å². The van der Waals surface area contributed by atoms with Gasteiger partial charge in [-0.15, -0.1) is 11.8 Å². The summed E-state index contributed by atoms with van der Waals surface area (Å²) in [4.78, 5) is 11.4. The number of nitrogen functional groups attached to an aromatic ring is 2. The molecular formula is C10H13ClFN3OS. The monoisotopic (exact) mass is 277 g/mol. The molecule has 0 saturated heterocycles. The molecule has 1 aromatic rings. The highest BCUT2D eigenvalue weighted by Crippen LogP contribution is 2.36. The van der Waals surface area contributed by atoms with Gasteiger partial charge in [-0.1, -0.05) is 11.6 Å². The minimum atomic E-state index is -0.682. The van der Waals surface area contributed by atoms with Crippen LogP contribution in [0.5, 0.6) is 0 Å². The van der Waals surface area contributed by atoms with Crippen LogP contribution in [-0.4, -0.2) is 18.2 Å². The molecule has 7 heteroatoms. The van der Waals surface area contributed by atoms with Gasteiger partial charge in [-0.2, -0.15) is 0 Å². The Morgan fingerprint density at radius 2 is 2.18 bits per heavy atom. The van der Waals surface area contributed by atoms with Crippen molar-refractivity contribution in [2.45, 2.75) is 11.8 Å². The molecule has 0 bridgehead atoms. The average Bonchev–Trinajstić information content (AvgIpc) is 2.26. The maximum atomic E-state index is 13.7.